The van der Waals surface area contributed by atoms with Crippen LogP contribution >= 0.6 is 11.6 Å². The Morgan fingerprint density at radius 2 is 2.08 bits per heavy atom. The van der Waals surface area contributed by atoms with Crippen LogP contribution < -0.4 is 10.4 Å². The summed E-state index contributed by atoms with van der Waals surface area (Å²) in [5.41, 5.74) is -0.100. The number of hydrogen-bond acceptors (Lipinski definition) is 4. The third-order valence-electron chi connectivity index (χ3n) is 3.11. The molecular formula is C16H11ClFN2O4-. The summed E-state index contributed by atoms with van der Waals surface area (Å²) < 4.78 is 13.6. The van der Waals surface area contributed by atoms with Crippen LogP contribution in [0.2, 0.25) is 5.02 Å². The maximum atomic E-state index is 13.6. The first kappa shape index (κ1) is 17.4. The number of nitro benzene ring substituents is 1. The van der Waals surface area contributed by atoms with Crippen LogP contribution in [0.1, 0.15) is 11.1 Å². The van der Waals surface area contributed by atoms with Gasteiger partial charge in [-0.05, 0) is 23.8 Å². The first-order chi connectivity index (χ1) is 11.4. The summed E-state index contributed by atoms with van der Waals surface area (Å²) in [4.78, 5) is 21.8. The molecule has 124 valence electrons. The standard InChI is InChI=1S/C16H12ClFN2O4/c17-13-2-1-3-14(18)12(13)5-7-16(22)19-9-10-8-11(20(23)24)4-6-15(10)21/h1-8,21H,9H2,(H,19,22)/p-1/b7-5+. The number of nitro groups is 1. The highest BCUT2D eigenvalue weighted by Crippen LogP contribution is 2.21. The summed E-state index contributed by atoms with van der Waals surface area (Å²) in [6, 6.07) is 7.38. The molecule has 0 bridgehead atoms. The van der Waals surface area contributed by atoms with E-state index in [9.17, 15) is 24.4 Å². The van der Waals surface area contributed by atoms with Gasteiger partial charge in [-0.2, -0.15) is 0 Å². The molecule has 0 aliphatic carbocycles. The van der Waals surface area contributed by atoms with Gasteiger partial charge in [-0.25, -0.2) is 4.39 Å². The Morgan fingerprint density at radius 1 is 1.33 bits per heavy atom. The van der Waals surface area contributed by atoms with Gasteiger partial charge in [0.15, 0.2) is 0 Å². The van der Waals surface area contributed by atoms with Crippen molar-refractivity contribution in [2.24, 2.45) is 0 Å². The first-order valence-electron chi connectivity index (χ1n) is 6.72. The van der Waals surface area contributed by atoms with E-state index < -0.39 is 22.4 Å². The molecule has 24 heavy (non-hydrogen) atoms. The van der Waals surface area contributed by atoms with Crippen molar-refractivity contribution in [2.75, 3.05) is 0 Å². The second-order valence-corrected chi connectivity index (χ2v) is 5.14. The van der Waals surface area contributed by atoms with Crippen LogP contribution in [0.4, 0.5) is 10.1 Å². The Hall–Kier alpha value is -2.93. The topological polar surface area (TPSA) is 95.3 Å². The molecule has 0 saturated heterocycles. The largest absolute Gasteiger partial charge is 0.872 e. The van der Waals surface area contributed by atoms with E-state index in [0.717, 1.165) is 24.3 Å². The van der Waals surface area contributed by atoms with Crippen molar-refractivity contribution >= 4 is 29.3 Å². The molecule has 0 fully saturated rings. The summed E-state index contributed by atoms with van der Waals surface area (Å²) in [6.07, 6.45) is 2.27. The van der Waals surface area contributed by atoms with Crippen LogP contribution in [0.3, 0.4) is 0 Å². The van der Waals surface area contributed by atoms with E-state index in [1.54, 1.807) is 0 Å². The average Bonchev–Trinajstić information content (AvgIpc) is 2.53. The maximum absolute atomic E-state index is 13.6. The number of carbonyl (C=O) groups is 1. The van der Waals surface area contributed by atoms with Gasteiger partial charge in [0.25, 0.3) is 5.69 Å². The van der Waals surface area contributed by atoms with Crippen molar-refractivity contribution in [3.8, 4) is 5.75 Å². The predicted molar refractivity (Wildman–Crippen MR) is 84.8 cm³/mol. The van der Waals surface area contributed by atoms with Crippen LogP contribution in [0.15, 0.2) is 42.5 Å². The monoisotopic (exact) mass is 349 g/mol. The number of nitrogens with zero attached hydrogens (tertiary/aromatic N) is 1. The lowest BCUT2D eigenvalue weighted by Gasteiger charge is -2.12. The number of non-ortho nitro benzene ring substituents is 1. The molecule has 0 heterocycles. The fourth-order valence-corrected chi connectivity index (χ4v) is 2.11. The van der Waals surface area contributed by atoms with E-state index >= 15 is 0 Å². The Kier molecular flexibility index (Phi) is 5.49. The lowest BCUT2D eigenvalue weighted by Crippen LogP contribution is -2.21. The number of nitrogens with one attached hydrogen (secondary N) is 1. The molecule has 0 unspecified atom stereocenters. The molecule has 0 atom stereocenters. The molecule has 0 spiro atoms. The average molecular weight is 350 g/mol. The highest BCUT2D eigenvalue weighted by atomic mass is 35.5. The van der Waals surface area contributed by atoms with E-state index in [4.69, 9.17) is 11.6 Å². The summed E-state index contributed by atoms with van der Waals surface area (Å²) >= 11 is 5.83. The minimum Gasteiger partial charge on any atom is -0.872 e. The molecular weight excluding hydrogens is 339 g/mol. The van der Waals surface area contributed by atoms with E-state index in [1.807, 2.05) is 0 Å². The molecule has 2 aromatic carbocycles. The third-order valence-corrected chi connectivity index (χ3v) is 3.44. The van der Waals surface area contributed by atoms with Crippen molar-refractivity contribution in [2.45, 2.75) is 6.54 Å². The number of carbonyl (C=O) groups excluding carboxylic acids is 1. The Bertz CT molecular complexity index is 803. The number of rotatable bonds is 5. The summed E-state index contributed by atoms with van der Waals surface area (Å²) in [6.45, 7) is -0.186. The molecule has 0 radical (unpaired) electrons. The van der Waals surface area contributed by atoms with Gasteiger partial charge in [0, 0.05) is 30.3 Å². The number of hydrogen-bond donors (Lipinski definition) is 1. The third kappa shape index (κ3) is 4.30. The molecule has 2 rings (SSSR count). The van der Waals surface area contributed by atoms with Gasteiger partial charge in [-0.15, -0.1) is 5.75 Å². The summed E-state index contributed by atoms with van der Waals surface area (Å²) in [7, 11) is 0. The van der Waals surface area contributed by atoms with Crippen LogP contribution in [0.25, 0.3) is 6.08 Å². The van der Waals surface area contributed by atoms with Gasteiger partial charge < -0.3 is 10.4 Å². The van der Waals surface area contributed by atoms with Gasteiger partial charge in [0.1, 0.15) is 5.82 Å². The molecule has 8 heteroatoms. The van der Waals surface area contributed by atoms with Gasteiger partial charge in [0.2, 0.25) is 5.91 Å². The van der Waals surface area contributed by atoms with Crippen molar-refractivity contribution in [3.63, 3.8) is 0 Å². The smallest absolute Gasteiger partial charge is 0.269 e. The molecule has 0 aliphatic heterocycles. The molecule has 2 aromatic rings. The molecule has 1 amide bonds. The van der Waals surface area contributed by atoms with E-state index in [1.165, 1.54) is 24.3 Å². The maximum Gasteiger partial charge on any atom is 0.269 e. The quantitative estimate of drug-likeness (QED) is 0.510. The minimum atomic E-state index is -0.634. The lowest BCUT2D eigenvalue weighted by atomic mass is 10.1. The normalized spacial score (nSPS) is 10.8. The zero-order chi connectivity index (χ0) is 17.7. The Balaban J connectivity index is 2.05. The number of halogens is 2. The fourth-order valence-electron chi connectivity index (χ4n) is 1.89. The van der Waals surface area contributed by atoms with Crippen molar-refractivity contribution in [1.29, 1.82) is 0 Å². The first-order valence-corrected chi connectivity index (χ1v) is 7.10. The van der Waals surface area contributed by atoms with Crippen molar-refractivity contribution in [1.82, 2.24) is 5.32 Å². The van der Waals surface area contributed by atoms with E-state index in [-0.39, 0.29) is 28.4 Å². The molecule has 1 N–H and O–H groups in total. The SMILES string of the molecule is O=C(/C=C/c1c(F)cccc1Cl)NCc1cc([N+](=O)[O-])ccc1[O-]. The Labute approximate surface area is 141 Å². The van der Waals surface area contributed by atoms with Gasteiger partial charge in [0.05, 0.1) is 9.95 Å². The second-order valence-electron chi connectivity index (χ2n) is 4.74. The Morgan fingerprint density at radius 3 is 2.75 bits per heavy atom. The number of amides is 1. The second kappa shape index (κ2) is 7.56. The van der Waals surface area contributed by atoms with E-state index in [0.29, 0.717) is 0 Å². The summed E-state index contributed by atoms with van der Waals surface area (Å²) in [5, 5.41) is 24.9. The van der Waals surface area contributed by atoms with Crippen LogP contribution in [0, 0.1) is 15.9 Å². The van der Waals surface area contributed by atoms with Gasteiger partial charge in [-0.1, -0.05) is 23.7 Å². The minimum absolute atomic E-state index is 0.0641. The number of benzene rings is 2. The molecule has 0 aromatic heterocycles. The zero-order valence-electron chi connectivity index (χ0n) is 12.2. The van der Waals surface area contributed by atoms with Crippen LogP contribution in [-0.4, -0.2) is 10.8 Å². The molecule has 0 saturated carbocycles. The van der Waals surface area contributed by atoms with Gasteiger partial charge in [-0.3, -0.25) is 14.9 Å². The van der Waals surface area contributed by atoms with Gasteiger partial charge >= 0.3 is 0 Å². The zero-order valence-corrected chi connectivity index (χ0v) is 12.9. The lowest BCUT2D eigenvalue weighted by molar-refractivity contribution is -0.385. The highest BCUT2D eigenvalue weighted by Gasteiger charge is 2.08. The highest BCUT2D eigenvalue weighted by molar-refractivity contribution is 6.32. The fraction of sp³-hybridized carbons (Fsp3) is 0.0625. The van der Waals surface area contributed by atoms with Crippen molar-refractivity contribution < 1.29 is 19.2 Å². The molecule has 6 nitrogen and oxygen atoms in total. The van der Waals surface area contributed by atoms with Crippen molar-refractivity contribution in [3.05, 3.63) is 74.6 Å². The summed E-state index contributed by atoms with van der Waals surface area (Å²) in [5.74, 6) is -1.60. The predicted octanol–water partition coefficient (Wildman–Crippen LogP) is 2.79. The van der Waals surface area contributed by atoms with E-state index in [2.05, 4.69) is 5.32 Å². The van der Waals surface area contributed by atoms with Crippen LogP contribution in [0.5, 0.6) is 5.75 Å². The molecule has 0 aliphatic rings. The van der Waals surface area contributed by atoms with Crippen LogP contribution in [-0.2, 0) is 11.3 Å².